The molecule has 168 valence electrons. The maximum atomic E-state index is 12.8. The van der Waals surface area contributed by atoms with Gasteiger partial charge in [0.2, 0.25) is 11.8 Å². The van der Waals surface area contributed by atoms with E-state index < -0.39 is 23.6 Å². The fourth-order valence-electron chi connectivity index (χ4n) is 4.22. The number of nitrogens with two attached hydrogens (primary N) is 1. The summed E-state index contributed by atoms with van der Waals surface area (Å²) in [5.41, 5.74) is 5.51. The van der Waals surface area contributed by atoms with Crippen LogP contribution in [0.3, 0.4) is 0 Å². The predicted octanol–water partition coefficient (Wildman–Crippen LogP) is 3.26. The van der Waals surface area contributed by atoms with Crippen LogP contribution in [0.25, 0.3) is 4.85 Å². The maximum Gasteiger partial charge on any atom is 0.573 e. The number of nitrogens with zero attached hydrogens (tertiary/aromatic N) is 2. The molecule has 0 unspecified atom stereocenters. The molecule has 1 saturated heterocycles. The third kappa shape index (κ3) is 5.67. The van der Waals surface area contributed by atoms with Gasteiger partial charge in [-0.1, -0.05) is 25.0 Å². The molecule has 7 nitrogen and oxygen atoms in total. The Labute approximate surface area is 178 Å². The largest absolute Gasteiger partial charge is 0.573 e. The van der Waals surface area contributed by atoms with Crippen LogP contribution in [-0.4, -0.2) is 41.7 Å². The van der Waals surface area contributed by atoms with Crippen molar-refractivity contribution in [1.82, 2.24) is 10.2 Å². The van der Waals surface area contributed by atoms with E-state index in [-0.39, 0.29) is 36.2 Å². The van der Waals surface area contributed by atoms with Crippen molar-refractivity contribution in [2.45, 2.75) is 57.0 Å². The van der Waals surface area contributed by atoms with E-state index in [4.69, 9.17) is 12.3 Å². The molecule has 1 aliphatic heterocycles. The van der Waals surface area contributed by atoms with Crippen molar-refractivity contribution in [2.24, 2.45) is 11.7 Å². The topological polar surface area (TPSA) is 89.0 Å². The van der Waals surface area contributed by atoms with Gasteiger partial charge >= 0.3 is 6.36 Å². The third-order valence-electron chi connectivity index (χ3n) is 5.86. The van der Waals surface area contributed by atoms with Gasteiger partial charge < -0.3 is 20.7 Å². The fourth-order valence-corrected chi connectivity index (χ4v) is 4.22. The molecular formula is C21H25F3N4O3. The molecule has 1 atom stereocenters. The Morgan fingerprint density at radius 3 is 2.65 bits per heavy atom. The standard InChI is InChI=1S/C21H25F3N4O3/c1-26-16-7-6-14(17(11-16)31-21(22,23)24)12-27-18(29)15-5-4-10-28(13-15)19(30)20(25)8-2-3-9-20/h6-7,11,15H,2-5,8-10,12-13,25H2,(H,27,29)/t15-/m1/s1. The number of carbonyl (C=O) groups excluding carboxylic acids is 2. The monoisotopic (exact) mass is 438 g/mol. The van der Waals surface area contributed by atoms with E-state index >= 15 is 0 Å². The average molecular weight is 438 g/mol. The second-order valence-corrected chi connectivity index (χ2v) is 8.12. The number of carbonyl (C=O) groups is 2. The molecule has 3 rings (SSSR count). The van der Waals surface area contributed by atoms with Crippen LogP contribution in [0.1, 0.15) is 44.1 Å². The van der Waals surface area contributed by atoms with Crippen LogP contribution in [0.5, 0.6) is 5.75 Å². The molecule has 0 bridgehead atoms. The lowest BCUT2D eigenvalue weighted by molar-refractivity contribution is -0.274. The molecule has 31 heavy (non-hydrogen) atoms. The van der Waals surface area contributed by atoms with Crippen LogP contribution in [0.2, 0.25) is 0 Å². The first kappa shape index (κ1) is 22.9. The van der Waals surface area contributed by atoms with Gasteiger partial charge in [0, 0.05) is 25.2 Å². The Kier molecular flexibility index (Phi) is 6.74. The highest BCUT2D eigenvalue weighted by molar-refractivity contribution is 5.87. The molecule has 3 N–H and O–H groups in total. The highest BCUT2D eigenvalue weighted by Crippen LogP contribution is 2.32. The number of rotatable bonds is 5. The van der Waals surface area contributed by atoms with Crippen molar-refractivity contribution < 1.29 is 27.5 Å². The van der Waals surface area contributed by atoms with Gasteiger partial charge in [-0.3, -0.25) is 9.59 Å². The zero-order valence-corrected chi connectivity index (χ0v) is 17.0. The first-order valence-corrected chi connectivity index (χ1v) is 10.2. The molecule has 2 amide bonds. The molecule has 2 fully saturated rings. The quantitative estimate of drug-likeness (QED) is 0.691. The van der Waals surface area contributed by atoms with E-state index in [2.05, 4.69) is 14.9 Å². The van der Waals surface area contributed by atoms with Crippen molar-refractivity contribution in [3.05, 3.63) is 35.2 Å². The van der Waals surface area contributed by atoms with Gasteiger partial charge in [0.05, 0.1) is 18.0 Å². The Morgan fingerprint density at radius 1 is 1.29 bits per heavy atom. The molecule has 1 aliphatic carbocycles. The summed E-state index contributed by atoms with van der Waals surface area (Å²) in [6, 6.07) is 3.68. The van der Waals surface area contributed by atoms with Crippen LogP contribution in [0, 0.1) is 12.5 Å². The Hall–Kier alpha value is -2.80. The number of hydrogen-bond acceptors (Lipinski definition) is 4. The molecule has 1 saturated carbocycles. The summed E-state index contributed by atoms with van der Waals surface area (Å²) in [4.78, 5) is 30.2. The second kappa shape index (κ2) is 9.14. The lowest BCUT2D eigenvalue weighted by Crippen LogP contribution is -2.56. The predicted molar refractivity (Wildman–Crippen MR) is 106 cm³/mol. The molecule has 0 radical (unpaired) electrons. The molecule has 1 heterocycles. The number of nitrogens with one attached hydrogen (secondary N) is 1. The number of halogens is 3. The van der Waals surface area contributed by atoms with Crippen molar-refractivity contribution in [3.63, 3.8) is 0 Å². The van der Waals surface area contributed by atoms with Crippen molar-refractivity contribution >= 4 is 17.5 Å². The van der Waals surface area contributed by atoms with E-state index in [1.165, 1.54) is 12.1 Å². The van der Waals surface area contributed by atoms with Crippen molar-refractivity contribution in [1.29, 1.82) is 0 Å². The molecule has 2 aliphatic rings. The second-order valence-electron chi connectivity index (χ2n) is 8.12. The summed E-state index contributed by atoms with van der Waals surface area (Å²) in [6.07, 6.45) is -0.577. The van der Waals surface area contributed by atoms with Crippen LogP contribution in [0.4, 0.5) is 18.9 Å². The fraction of sp³-hybridized carbons (Fsp3) is 0.571. The molecule has 10 heteroatoms. The number of alkyl halides is 3. The first-order valence-electron chi connectivity index (χ1n) is 10.2. The number of hydrogen-bond donors (Lipinski definition) is 2. The molecule has 0 spiro atoms. The van der Waals surface area contributed by atoms with Crippen LogP contribution >= 0.6 is 0 Å². The lowest BCUT2D eigenvalue weighted by atomic mass is 9.92. The highest BCUT2D eigenvalue weighted by atomic mass is 19.4. The smallest absolute Gasteiger partial charge is 0.407 e. The Morgan fingerprint density at radius 2 is 2.00 bits per heavy atom. The van der Waals surface area contributed by atoms with Gasteiger partial charge in [-0.15, -0.1) is 13.2 Å². The Balaban J connectivity index is 1.63. The van der Waals surface area contributed by atoms with Gasteiger partial charge in [0.25, 0.3) is 0 Å². The maximum absolute atomic E-state index is 12.8. The number of piperidine rings is 1. The zero-order valence-electron chi connectivity index (χ0n) is 17.0. The van der Waals surface area contributed by atoms with Gasteiger partial charge in [-0.05, 0) is 31.7 Å². The summed E-state index contributed by atoms with van der Waals surface area (Å²) in [6.45, 7) is 7.55. The van der Waals surface area contributed by atoms with Crippen molar-refractivity contribution in [2.75, 3.05) is 13.1 Å². The molecule has 1 aromatic rings. The summed E-state index contributed by atoms with van der Waals surface area (Å²) in [7, 11) is 0. The van der Waals surface area contributed by atoms with Crippen molar-refractivity contribution in [3.8, 4) is 5.75 Å². The molecular weight excluding hydrogens is 413 g/mol. The van der Waals surface area contributed by atoms with Crippen LogP contribution in [-0.2, 0) is 16.1 Å². The van der Waals surface area contributed by atoms with Crippen LogP contribution in [0.15, 0.2) is 18.2 Å². The number of benzene rings is 1. The number of likely N-dealkylation sites (tertiary alicyclic amines) is 1. The summed E-state index contributed by atoms with van der Waals surface area (Å²) in [5, 5.41) is 2.64. The zero-order chi connectivity index (χ0) is 22.6. The first-order chi connectivity index (χ1) is 14.6. The number of amides is 2. The van der Waals surface area contributed by atoms with E-state index in [9.17, 15) is 22.8 Å². The lowest BCUT2D eigenvalue weighted by Gasteiger charge is -2.37. The SMILES string of the molecule is [C-]#[N+]c1ccc(CNC(=O)[C@@H]2CCCN(C(=O)C3(N)CCCC3)C2)c(OC(F)(F)F)c1. The minimum atomic E-state index is -4.91. The van der Waals surface area contributed by atoms with Crippen LogP contribution < -0.4 is 15.8 Å². The normalized spacial score (nSPS) is 20.7. The highest BCUT2D eigenvalue weighted by Gasteiger charge is 2.41. The van der Waals surface area contributed by atoms with Gasteiger partial charge in [0.1, 0.15) is 5.75 Å². The van der Waals surface area contributed by atoms with E-state index in [0.29, 0.717) is 32.2 Å². The van der Waals surface area contributed by atoms with E-state index in [1.54, 1.807) is 4.90 Å². The molecule has 0 aromatic heterocycles. The Bertz CT molecular complexity index is 876. The van der Waals surface area contributed by atoms with E-state index in [0.717, 1.165) is 18.9 Å². The van der Waals surface area contributed by atoms with Gasteiger partial charge in [-0.2, -0.15) is 0 Å². The molecule has 1 aromatic carbocycles. The average Bonchev–Trinajstić information content (AvgIpc) is 3.18. The van der Waals surface area contributed by atoms with E-state index in [1.807, 2.05) is 0 Å². The van der Waals surface area contributed by atoms with Gasteiger partial charge in [0.15, 0.2) is 5.69 Å². The minimum absolute atomic E-state index is 0.00149. The number of ether oxygens (including phenoxy) is 1. The summed E-state index contributed by atoms with van der Waals surface area (Å²) in [5.74, 6) is -1.45. The summed E-state index contributed by atoms with van der Waals surface area (Å²) < 4.78 is 42.1. The summed E-state index contributed by atoms with van der Waals surface area (Å²) >= 11 is 0. The van der Waals surface area contributed by atoms with Gasteiger partial charge in [-0.25, -0.2) is 4.85 Å². The third-order valence-corrected chi connectivity index (χ3v) is 5.86. The minimum Gasteiger partial charge on any atom is -0.407 e.